The maximum absolute atomic E-state index is 17.7. The van der Waals surface area contributed by atoms with Gasteiger partial charge in [0.25, 0.3) is 0 Å². The Kier molecular flexibility index (Phi) is 10.2. The van der Waals surface area contributed by atoms with Crippen molar-refractivity contribution in [3.05, 3.63) is 59.2 Å². The van der Waals surface area contributed by atoms with Crippen molar-refractivity contribution in [2.75, 3.05) is 33.8 Å². The van der Waals surface area contributed by atoms with Gasteiger partial charge < -0.3 is 33.9 Å². The second-order valence-corrected chi connectivity index (χ2v) is 15.7. The molecule has 4 aliphatic carbocycles. The summed E-state index contributed by atoms with van der Waals surface area (Å²) in [5, 5.41) is 11.8. The average molecular weight is 729 g/mol. The molecule has 0 aromatic heterocycles. The van der Waals surface area contributed by atoms with Crippen LogP contribution in [0, 0.1) is 29.6 Å². The van der Waals surface area contributed by atoms with Gasteiger partial charge in [-0.05, 0) is 68.7 Å². The molecule has 10 atom stereocenters. The van der Waals surface area contributed by atoms with Crippen LogP contribution in [0.3, 0.4) is 0 Å². The summed E-state index contributed by atoms with van der Waals surface area (Å²) in [6, 6.07) is 7.60. The van der Waals surface area contributed by atoms with Crippen molar-refractivity contribution in [2.45, 2.75) is 102 Å². The van der Waals surface area contributed by atoms with Gasteiger partial charge in [0, 0.05) is 43.9 Å². The number of hydrogen-bond donors (Lipinski definition) is 1. The van der Waals surface area contributed by atoms with Crippen LogP contribution < -0.4 is 0 Å². The number of carbonyl (C=O) groups excluding carboxylic acids is 4. The number of alkyl halides is 2. The lowest BCUT2D eigenvalue weighted by Gasteiger charge is -2.63. The number of carbonyl (C=O) groups is 4. The van der Waals surface area contributed by atoms with E-state index in [1.165, 1.54) is 35.9 Å². The van der Waals surface area contributed by atoms with Crippen molar-refractivity contribution in [1.29, 1.82) is 0 Å². The zero-order valence-electron chi connectivity index (χ0n) is 30.7. The lowest BCUT2D eigenvalue weighted by molar-refractivity contribution is -0.234. The summed E-state index contributed by atoms with van der Waals surface area (Å²) in [5.74, 6) is -2.68. The first kappa shape index (κ1) is 38.1. The van der Waals surface area contributed by atoms with Gasteiger partial charge in [-0.15, -0.1) is 0 Å². The number of aliphatic hydroxyl groups excluding tert-OH is 1. The van der Waals surface area contributed by atoms with E-state index in [9.17, 15) is 24.3 Å². The van der Waals surface area contributed by atoms with Crippen molar-refractivity contribution < 1.29 is 52.0 Å². The molecule has 4 fully saturated rings. The molecule has 6 rings (SSSR count). The van der Waals surface area contributed by atoms with Crippen LogP contribution in [0.25, 0.3) is 0 Å². The number of ketones is 2. The molecular formula is C39H50F2N2O9. The van der Waals surface area contributed by atoms with Gasteiger partial charge in [0.2, 0.25) is 5.78 Å². The maximum atomic E-state index is 17.7. The topological polar surface area (TPSA) is 132 Å². The molecule has 1 aromatic rings. The van der Waals surface area contributed by atoms with Crippen LogP contribution >= 0.6 is 0 Å². The molecule has 1 aliphatic heterocycles. The maximum Gasteiger partial charge on any atom is 0.409 e. The number of halogens is 2. The number of amides is 2. The van der Waals surface area contributed by atoms with E-state index in [4.69, 9.17) is 18.9 Å². The Morgan fingerprint density at radius 2 is 1.67 bits per heavy atom. The molecule has 1 saturated heterocycles. The minimum atomic E-state index is -2.33. The van der Waals surface area contributed by atoms with E-state index in [1.807, 2.05) is 38.1 Å². The van der Waals surface area contributed by atoms with Crippen LogP contribution in [-0.2, 0) is 35.1 Å². The summed E-state index contributed by atoms with van der Waals surface area (Å²) in [7, 11) is 3.02. The Labute approximate surface area is 303 Å². The summed E-state index contributed by atoms with van der Waals surface area (Å²) in [5.41, 5.74) is -4.85. The van der Waals surface area contributed by atoms with E-state index in [-0.39, 0.29) is 44.5 Å². The summed E-state index contributed by atoms with van der Waals surface area (Å²) >= 11 is 0. The first-order chi connectivity index (χ1) is 24.5. The van der Waals surface area contributed by atoms with Gasteiger partial charge in [0.05, 0.1) is 12.2 Å². The molecule has 11 nitrogen and oxygen atoms in total. The second-order valence-electron chi connectivity index (χ2n) is 15.7. The van der Waals surface area contributed by atoms with E-state index in [2.05, 4.69) is 0 Å². The molecule has 13 heteroatoms. The number of fused-ring (bicyclic) bond motifs is 7. The van der Waals surface area contributed by atoms with Gasteiger partial charge >= 0.3 is 12.2 Å². The van der Waals surface area contributed by atoms with Crippen molar-refractivity contribution in [3.63, 3.8) is 0 Å². The number of aliphatic hydroxyl groups is 1. The molecule has 0 spiro atoms. The molecular weight excluding hydrogens is 678 g/mol. The van der Waals surface area contributed by atoms with Gasteiger partial charge in [0.15, 0.2) is 29.9 Å². The van der Waals surface area contributed by atoms with Gasteiger partial charge in [-0.2, -0.15) is 0 Å². The number of benzene rings is 1. The van der Waals surface area contributed by atoms with E-state index >= 15 is 8.78 Å². The lowest BCUT2D eigenvalue weighted by atomic mass is 9.44. The average Bonchev–Trinajstić information content (AvgIpc) is 3.59. The number of aryl methyl sites for hydroxylation is 1. The van der Waals surface area contributed by atoms with Crippen LogP contribution in [-0.4, -0.2) is 108 Å². The normalized spacial score (nSPS) is 37.2. The highest BCUT2D eigenvalue weighted by molar-refractivity contribution is 6.01. The van der Waals surface area contributed by atoms with Gasteiger partial charge in [-0.1, -0.05) is 56.2 Å². The van der Waals surface area contributed by atoms with Crippen LogP contribution in [0.2, 0.25) is 0 Å². The minimum absolute atomic E-state index is 0.0160. The first-order valence-electron chi connectivity index (χ1n) is 18.2. The Morgan fingerprint density at radius 3 is 2.33 bits per heavy atom. The number of Topliss-reactive ketones (excluding diaryl/α,β-unsaturated/α-hetero) is 1. The smallest absolute Gasteiger partial charge is 0.409 e. The number of hydrogen-bond acceptors (Lipinski definition) is 9. The summed E-state index contributed by atoms with van der Waals surface area (Å²) in [6.07, 6.45) is -1.62. The van der Waals surface area contributed by atoms with Crippen molar-refractivity contribution >= 4 is 23.8 Å². The van der Waals surface area contributed by atoms with Gasteiger partial charge in [-0.3, -0.25) is 9.59 Å². The highest BCUT2D eigenvalue weighted by atomic mass is 19.1. The van der Waals surface area contributed by atoms with E-state index in [0.717, 1.165) is 17.2 Å². The molecule has 0 bridgehead atoms. The zero-order valence-corrected chi connectivity index (χ0v) is 30.7. The largest absolute Gasteiger partial charge is 0.445 e. The van der Waals surface area contributed by atoms with Crippen molar-refractivity contribution in [1.82, 2.24) is 9.80 Å². The minimum Gasteiger partial charge on any atom is -0.445 e. The number of allylic oxidation sites excluding steroid dienone is 4. The third-order valence-electron chi connectivity index (χ3n) is 12.6. The molecule has 1 heterocycles. The molecule has 1 unspecified atom stereocenters. The zero-order chi connectivity index (χ0) is 37.8. The first-order valence-corrected chi connectivity index (χ1v) is 18.2. The predicted molar refractivity (Wildman–Crippen MR) is 184 cm³/mol. The van der Waals surface area contributed by atoms with Crippen molar-refractivity contribution in [2.24, 2.45) is 22.7 Å². The molecule has 284 valence electrons. The molecule has 3 saturated carbocycles. The van der Waals surface area contributed by atoms with E-state index in [0.29, 0.717) is 12.8 Å². The molecule has 1 aromatic carbocycles. The third kappa shape index (κ3) is 5.96. The number of likely N-dealkylation sites (N-methyl/N-ethyl adjacent to an activating group) is 2. The molecule has 0 radical (unpaired) electrons. The Hall–Kier alpha value is -3.68. The highest BCUT2D eigenvalue weighted by Crippen LogP contribution is 2.72. The second kappa shape index (κ2) is 13.9. The fourth-order valence-electron chi connectivity index (χ4n) is 9.65. The van der Waals surface area contributed by atoms with E-state index < -0.39 is 89.0 Å². The van der Waals surface area contributed by atoms with Gasteiger partial charge in [0.1, 0.15) is 12.8 Å². The summed E-state index contributed by atoms with van der Waals surface area (Å²) in [6.45, 7) is 6.83. The van der Waals surface area contributed by atoms with Crippen LogP contribution in [0.1, 0.15) is 64.0 Å². The number of nitrogens with zero attached hydrogens (tertiary/aromatic N) is 2. The van der Waals surface area contributed by atoms with E-state index in [1.54, 1.807) is 14.0 Å². The van der Waals surface area contributed by atoms with Crippen molar-refractivity contribution in [3.8, 4) is 0 Å². The quantitative estimate of drug-likeness (QED) is 0.336. The van der Waals surface area contributed by atoms with Gasteiger partial charge in [-0.25, -0.2) is 18.4 Å². The Balaban J connectivity index is 1.14. The third-order valence-corrected chi connectivity index (χ3v) is 12.6. The summed E-state index contributed by atoms with van der Waals surface area (Å²) < 4.78 is 57.3. The SMILES string of the molecule is CCCC1O[C@@H]2C[C@H]3[C@@H]4C[C@H](F)C5=CC(=O)C=C[C@]5(C)[C@@]4(F)[C@@H](O)C[C@]3(C)[C@]2(C(=O)COC(=O)N(C)CCN(C)C(=O)OCc2ccc(C)cc2)O1. The Bertz CT molecular complexity index is 1650. The number of rotatable bonds is 10. The van der Waals surface area contributed by atoms with Crippen LogP contribution in [0.4, 0.5) is 18.4 Å². The standard InChI is InChI=1S/C39H50F2N2O9/c1-7-8-33-51-32-19-26-27-18-29(40)28-17-25(44)13-14-36(28,3)38(27,41)30(45)20-37(26,4)39(32,52-33)31(46)22-50-35(48)43(6)16-15-42(5)34(47)49-21-24-11-9-23(2)10-12-24/h9-14,17,26-27,29-30,32-33,45H,7-8,15-16,18-22H2,1-6H3/t26-,27-,29-,30-,32+,33?,36-,37-,38-,39+/m0/s1. The van der Waals surface area contributed by atoms with Crippen LogP contribution in [0.5, 0.6) is 0 Å². The summed E-state index contributed by atoms with van der Waals surface area (Å²) in [4.78, 5) is 54.8. The molecule has 5 aliphatic rings. The molecule has 52 heavy (non-hydrogen) atoms. The highest BCUT2D eigenvalue weighted by Gasteiger charge is 2.80. The number of ether oxygens (including phenoxy) is 4. The Morgan fingerprint density at radius 1 is 1.02 bits per heavy atom. The monoisotopic (exact) mass is 728 g/mol. The fraction of sp³-hybridized carbons (Fsp3) is 0.641. The lowest BCUT2D eigenvalue weighted by Crippen LogP contribution is -2.71. The molecule has 1 N–H and O–H groups in total. The molecule has 2 amide bonds. The van der Waals surface area contributed by atoms with Crippen LogP contribution in [0.15, 0.2) is 48.1 Å². The fourth-order valence-corrected chi connectivity index (χ4v) is 9.65. The predicted octanol–water partition coefficient (Wildman–Crippen LogP) is 5.41.